The number of amides is 2. The van der Waals surface area contributed by atoms with Gasteiger partial charge in [0.2, 0.25) is 5.91 Å². The summed E-state index contributed by atoms with van der Waals surface area (Å²) in [6.07, 6.45) is 0. The first-order valence-electron chi connectivity index (χ1n) is 8.79. The summed E-state index contributed by atoms with van der Waals surface area (Å²) >= 11 is 1.36. The maximum Gasteiger partial charge on any atom is 0.316 e. The highest BCUT2D eigenvalue weighted by Crippen LogP contribution is 2.21. The fraction of sp³-hybridized carbons (Fsp3) is 0.286. The fourth-order valence-electron chi connectivity index (χ4n) is 2.29. The average Bonchev–Trinajstić information content (AvgIpc) is 2.67. The van der Waals surface area contributed by atoms with Crippen molar-refractivity contribution >= 4 is 35.2 Å². The summed E-state index contributed by atoms with van der Waals surface area (Å²) < 4.78 is 5.02. The molecule has 7 heteroatoms. The van der Waals surface area contributed by atoms with E-state index in [1.165, 1.54) is 23.7 Å². The van der Waals surface area contributed by atoms with Crippen LogP contribution in [0.25, 0.3) is 0 Å². The van der Waals surface area contributed by atoms with Gasteiger partial charge in [-0.3, -0.25) is 14.4 Å². The van der Waals surface area contributed by atoms with Gasteiger partial charge in [0, 0.05) is 17.6 Å². The molecule has 2 rings (SSSR count). The number of anilines is 1. The normalized spacial score (nSPS) is 10.2. The lowest BCUT2D eigenvalue weighted by molar-refractivity contribution is -0.149. The summed E-state index contributed by atoms with van der Waals surface area (Å²) in [5.74, 6) is -1.11. The molecule has 0 bridgehead atoms. The molecule has 0 fully saturated rings. The Balaban J connectivity index is 1.71. The fourth-order valence-corrected chi connectivity index (χ4v) is 3.12. The second-order valence-corrected chi connectivity index (χ2v) is 7.40. The zero-order chi connectivity index (χ0) is 20.5. The maximum absolute atomic E-state index is 12.1. The van der Waals surface area contributed by atoms with Crippen LogP contribution in [0.15, 0.2) is 53.4 Å². The van der Waals surface area contributed by atoms with Crippen molar-refractivity contribution in [3.8, 4) is 0 Å². The first-order valence-corrected chi connectivity index (χ1v) is 9.78. The van der Waals surface area contributed by atoms with E-state index >= 15 is 0 Å². The van der Waals surface area contributed by atoms with E-state index in [2.05, 4.69) is 5.32 Å². The topological polar surface area (TPSA) is 75.7 Å². The van der Waals surface area contributed by atoms with Gasteiger partial charge in [-0.25, -0.2) is 0 Å². The van der Waals surface area contributed by atoms with Gasteiger partial charge in [0.05, 0.1) is 12.3 Å². The van der Waals surface area contributed by atoms with Crippen LogP contribution < -0.4 is 5.32 Å². The van der Waals surface area contributed by atoms with E-state index in [9.17, 15) is 14.4 Å². The van der Waals surface area contributed by atoms with Crippen molar-refractivity contribution in [2.24, 2.45) is 0 Å². The van der Waals surface area contributed by atoms with Crippen LogP contribution in [0.1, 0.15) is 11.1 Å². The lowest BCUT2D eigenvalue weighted by Gasteiger charge is -2.17. The average molecular weight is 401 g/mol. The molecule has 2 aromatic rings. The van der Waals surface area contributed by atoms with Crippen molar-refractivity contribution in [1.82, 2.24) is 4.90 Å². The molecule has 0 spiro atoms. The number of carbonyl (C=O) groups excluding carboxylic acids is 3. The molecule has 6 nitrogen and oxygen atoms in total. The highest BCUT2D eigenvalue weighted by atomic mass is 32.2. The van der Waals surface area contributed by atoms with Crippen LogP contribution in [0.2, 0.25) is 0 Å². The first kappa shape index (κ1) is 21.5. The summed E-state index contributed by atoms with van der Waals surface area (Å²) in [4.78, 5) is 38.2. The van der Waals surface area contributed by atoms with Crippen molar-refractivity contribution in [2.45, 2.75) is 18.7 Å². The zero-order valence-electron chi connectivity index (χ0n) is 16.2. The lowest BCUT2D eigenvalue weighted by Crippen LogP contribution is -2.37. The third kappa shape index (κ3) is 7.08. The Hall–Kier alpha value is -2.80. The summed E-state index contributed by atoms with van der Waals surface area (Å²) in [6.45, 7) is 3.41. The molecule has 0 heterocycles. The smallest absolute Gasteiger partial charge is 0.316 e. The van der Waals surface area contributed by atoms with E-state index in [0.717, 1.165) is 16.0 Å². The molecule has 0 saturated heterocycles. The number of ether oxygens (including phenoxy) is 1. The maximum atomic E-state index is 12.1. The Bertz CT molecular complexity index is 837. The molecule has 2 aromatic carbocycles. The predicted molar refractivity (Wildman–Crippen MR) is 110 cm³/mol. The summed E-state index contributed by atoms with van der Waals surface area (Å²) in [5, 5.41) is 2.72. The van der Waals surface area contributed by atoms with Crippen molar-refractivity contribution in [2.75, 3.05) is 31.3 Å². The lowest BCUT2D eigenvalue weighted by atomic mass is 10.2. The highest BCUT2D eigenvalue weighted by molar-refractivity contribution is 8.00. The molecule has 0 aromatic heterocycles. The van der Waals surface area contributed by atoms with Gasteiger partial charge in [0.25, 0.3) is 5.91 Å². The van der Waals surface area contributed by atoms with Crippen LogP contribution in [0.3, 0.4) is 0 Å². The monoisotopic (exact) mass is 400 g/mol. The van der Waals surface area contributed by atoms with E-state index in [1.807, 2.05) is 50.2 Å². The van der Waals surface area contributed by atoms with E-state index in [-0.39, 0.29) is 24.8 Å². The Morgan fingerprint density at radius 2 is 1.71 bits per heavy atom. The summed E-state index contributed by atoms with van der Waals surface area (Å²) in [6, 6.07) is 15.1. The second kappa shape index (κ2) is 10.5. The number of aryl methyl sites for hydroxylation is 2. The Morgan fingerprint density at radius 1 is 1.04 bits per heavy atom. The van der Waals surface area contributed by atoms with E-state index in [0.29, 0.717) is 5.69 Å². The number of carbonyl (C=O) groups is 3. The number of benzene rings is 2. The van der Waals surface area contributed by atoms with Crippen molar-refractivity contribution < 1.29 is 19.1 Å². The van der Waals surface area contributed by atoms with E-state index in [4.69, 9.17) is 4.74 Å². The van der Waals surface area contributed by atoms with E-state index < -0.39 is 11.9 Å². The highest BCUT2D eigenvalue weighted by Gasteiger charge is 2.15. The molecule has 0 aliphatic rings. The van der Waals surface area contributed by atoms with Crippen LogP contribution in [0, 0.1) is 13.8 Å². The molecule has 148 valence electrons. The molecule has 1 N–H and O–H groups in total. The van der Waals surface area contributed by atoms with Gasteiger partial charge in [-0.15, -0.1) is 11.8 Å². The molecule has 0 radical (unpaired) electrons. The van der Waals surface area contributed by atoms with Gasteiger partial charge >= 0.3 is 5.97 Å². The molecular weight excluding hydrogens is 376 g/mol. The number of hydrogen-bond acceptors (Lipinski definition) is 5. The van der Waals surface area contributed by atoms with Gasteiger partial charge < -0.3 is 15.0 Å². The Morgan fingerprint density at radius 3 is 2.39 bits per heavy atom. The molecule has 0 aliphatic carbocycles. The Labute approximate surface area is 169 Å². The number of hydrogen-bond donors (Lipinski definition) is 1. The van der Waals surface area contributed by atoms with Crippen molar-refractivity contribution in [1.29, 1.82) is 0 Å². The molecule has 0 atom stereocenters. The number of rotatable bonds is 8. The van der Waals surface area contributed by atoms with Gasteiger partial charge in [-0.1, -0.05) is 35.9 Å². The minimum Gasteiger partial charge on any atom is -0.455 e. The van der Waals surface area contributed by atoms with Crippen molar-refractivity contribution in [3.63, 3.8) is 0 Å². The summed E-state index contributed by atoms with van der Waals surface area (Å²) in [7, 11) is 1.49. The molecular formula is C21H24N2O4S. The largest absolute Gasteiger partial charge is 0.455 e. The minimum absolute atomic E-state index is 0.121. The number of nitrogens with zero attached hydrogens (tertiary/aromatic N) is 1. The second-order valence-electron chi connectivity index (χ2n) is 6.38. The van der Waals surface area contributed by atoms with Gasteiger partial charge in [0.1, 0.15) is 0 Å². The number of thioether (sulfide) groups is 1. The minimum atomic E-state index is -0.473. The van der Waals surface area contributed by atoms with Crippen LogP contribution in [-0.4, -0.2) is 48.6 Å². The third-order valence-electron chi connectivity index (χ3n) is 3.94. The number of nitrogens with one attached hydrogen (secondary N) is 1. The molecule has 28 heavy (non-hydrogen) atoms. The molecule has 0 saturated carbocycles. The van der Waals surface area contributed by atoms with Crippen LogP contribution in [0.5, 0.6) is 0 Å². The number of esters is 1. The third-order valence-corrected chi connectivity index (χ3v) is 5.09. The predicted octanol–water partition coefficient (Wildman–Crippen LogP) is 3.04. The van der Waals surface area contributed by atoms with Crippen LogP contribution >= 0.6 is 11.8 Å². The molecule has 0 aliphatic heterocycles. The van der Waals surface area contributed by atoms with Crippen LogP contribution in [-0.2, 0) is 19.1 Å². The SMILES string of the molecule is Cc1ccc(NC(=O)CN(C)C(=O)COC(=O)CSc2ccccc2C)cc1. The van der Waals surface area contributed by atoms with Gasteiger partial charge in [-0.05, 0) is 37.6 Å². The summed E-state index contributed by atoms with van der Waals surface area (Å²) in [5.41, 5.74) is 2.83. The first-order chi connectivity index (χ1) is 13.3. The van der Waals surface area contributed by atoms with Crippen LogP contribution in [0.4, 0.5) is 5.69 Å². The van der Waals surface area contributed by atoms with Crippen molar-refractivity contribution in [3.05, 3.63) is 59.7 Å². The van der Waals surface area contributed by atoms with Gasteiger partial charge in [-0.2, -0.15) is 0 Å². The van der Waals surface area contributed by atoms with E-state index in [1.54, 1.807) is 12.1 Å². The zero-order valence-corrected chi connectivity index (χ0v) is 17.0. The Kier molecular flexibility index (Phi) is 8.07. The quantitative estimate of drug-likeness (QED) is 0.545. The molecule has 2 amide bonds. The molecule has 0 unspecified atom stereocenters. The van der Waals surface area contributed by atoms with Gasteiger partial charge in [0.15, 0.2) is 6.61 Å². The standard InChI is InChI=1S/C21H24N2O4S/c1-15-8-10-17(11-9-15)22-19(24)12-23(3)20(25)13-27-21(26)14-28-18-7-5-4-6-16(18)2/h4-11H,12-14H2,1-3H3,(H,22,24). The number of likely N-dealkylation sites (N-methyl/N-ethyl adjacent to an activating group) is 1.